The summed E-state index contributed by atoms with van der Waals surface area (Å²) in [6.07, 6.45) is 0. The Morgan fingerprint density at radius 2 is 1.81 bits per heavy atom. The van der Waals surface area contributed by atoms with Gasteiger partial charge in [-0.3, -0.25) is 4.79 Å². The molecule has 140 valence electrons. The van der Waals surface area contributed by atoms with Crippen molar-refractivity contribution in [3.63, 3.8) is 0 Å². The lowest BCUT2D eigenvalue weighted by Gasteiger charge is -2.14. The summed E-state index contributed by atoms with van der Waals surface area (Å²) in [5, 5.41) is 3.50. The number of primary amides is 1. The molecule has 0 aliphatic rings. The van der Waals surface area contributed by atoms with Crippen LogP contribution in [0.1, 0.15) is 11.1 Å². The number of hydrogen-bond acceptors (Lipinski definition) is 5. The maximum Gasteiger partial charge on any atom is 0.255 e. The van der Waals surface area contributed by atoms with E-state index in [-0.39, 0.29) is 18.1 Å². The number of amides is 1. The molecule has 0 saturated carbocycles. The highest BCUT2D eigenvalue weighted by atomic mass is 35.5. The van der Waals surface area contributed by atoms with Crippen LogP contribution >= 0.6 is 11.6 Å². The van der Waals surface area contributed by atoms with Crippen molar-refractivity contribution in [3.8, 4) is 17.2 Å². The summed E-state index contributed by atoms with van der Waals surface area (Å²) in [5.74, 6) is -0.162. The lowest BCUT2D eigenvalue weighted by Crippen LogP contribution is -2.20. The Morgan fingerprint density at radius 1 is 1.12 bits per heavy atom. The molecule has 6 nitrogen and oxygen atoms in total. The first-order chi connectivity index (χ1) is 12.4. The van der Waals surface area contributed by atoms with Crippen LogP contribution < -0.4 is 25.3 Å². The van der Waals surface area contributed by atoms with Gasteiger partial charge in [-0.2, -0.15) is 0 Å². The van der Waals surface area contributed by atoms with E-state index in [1.54, 1.807) is 24.3 Å². The Kier molecular flexibility index (Phi) is 7.06. The molecule has 0 fully saturated rings. The highest BCUT2D eigenvalue weighted by molar-refractivity contribution is 6.32. The fourth-order valence-electron chi connectivity index (χ4n) is 2.33. The number of halogens is 2. The third-order valence-electron chi connectivity index (χ3n) is 3.52. The fourth-order valence-corrected chi connectivity index (χ4v) is 2.62. The van der Waals surface area contributed by atoms with Gasteiger partial charge in [0.15, 0.2) is 29.7 Å². The predicted molar refractivity (Wildman–Crippen MR) is 96.2 cm³/mol. The van der Waals surface area contributed by atoms with E-state index in [0.717, 1.165) is 11.1 Å². The van der Waals surface area contributed by atoms with Crippen LogP contribution in [-0.4, -0.2) is 26.7 Å². The minimum Gasteiger partial charge on any atom is -0.494 e. The number of carbonyl (C=O) groups excluding carboxylic acids is 1. The van der Waals surface area contributed by atoms with E-state index in [1.807, 2.05) is 0 Å². The molecule has 8 heteroatoms. The molecule has 0 aromatic heterocycles. The van der Waals surface area contributed by atoms with Crippen LogP contribution in [0.2, 0.25) is 5.02 Å². The van der Waals surface area contributed by atoms with Gasteiger partial charge in [-0.05, 0) is 35.4 Å². The van der Waals surface area contributed by atoms with Crippen molar-refractivity contribution in [2.24, 2.45) is 5.73 Å². The van der Waals surface area contributed by atoms with Crippen LogP contribution in [0.25, 0.3) is 0 Å². The average Bonchev–Trinajstić information content (AvgIpc) is 2.60. The van der Waals surface area contributed by atoms with E-state index >= 15 is 0 Å². The van der Waals surface area contributed by atoms with E-state index in [2.05, 4.69) is 5.32 Å². The first-order valence-corrected chi connectivity index (χ1v) is 8.13. The second kappa shape index (κ2) is 9.26. The Bertz CT molecular complexity index is 786. The van der Waals surface area contributed by atoms with Gasteiger partial charge < -0.3 is 25.3 Å². The van der Waals surface area contributed by atoms with Gasteiger partial charge in [0.2, 0.25) is 0 Å². The van der Waals surface area contributed by atoms with E-state index in [0.29, 0.717) is 23.9 Å². The van der Waals surface area contributed by atoms with Crippen LogP contribution in [0.3, 0.4) is 0 Å². The smallest absolute Gasteiger partial charge is 0.255 e. The molecule has 0 saturated heterocycles. The molecule has 0 aliphatic carbocycles. The molecule has 2 aromatic rings. The second-order valence-corrected chi connectivity index (χ2v) is 5.84. The van der Waals surface area contributed by atoms with Gasteiger partial charge in [0.1, 0.15) is 0 Å². The Morgan fingerprint density at radius 3 is 2.42 bits per heavy atom. The summed E-state index contributed by atoms with van der Waals surface area (Å²) in [5.41, 5.74) is 6.69. The first kappa shape index (κ1) is 19.8. The molecule has 2 rings (SSSR count). The molecular weight excluding hydrogens is 363 g/mol. The zero-order valence-electron chi connectivity index (χ0n) is 14.5. The van der Waals surface area contributed by atoms with E-state index < -0.39 is 11.7 Å². The van der Waals surface area contributed by atoms with Crippen molar-refractivity contribution in [2.45, 2.75) is 13.1 Å². The van der Waals surface area contributed by atoms with Gasteiger partial charge in [0.05, 0.1) is 19.2 Å². The van der Waals surface area contributed by atoms with Crippen LogP contribution in [0.5, 0.6) is 17.2 Å². The van der Waals surface area contributed by atoms with Gasteiger partial charge in [-0.1, -0.05) is 17.7 Å². The highest BCUT2D eigenvalue weighted by Gasteiger charge is 2.13. The van der Waals surface area contributed by atoms with Gasteiger partial charge in [0.25, 0.3) is 5.91 Å². The third-order valence-corrected chi connectivity index (χ3v) is 3.80. The molecule has 0 aliphatic heterocycles. The average molecular weight is 383 g/mol. The van der Waals surface area contributed by atoms with Crippen LogP contribution in [-0.2, 0) is 17.9 Å². The maximum absolute atomic E-state index is 13.7. The van der Waals surface area contributed by atoms with Crippen LogP contribution in [0.4, 0.5) is 4.39 Å². The van der Waals surface area contributed by atoms with Crippen molar-refractivity contribution in [2.75, 3.05) is 20.8 Å². The molecular formula is C18H20ClFN2O4. The van der Waals surface area contributed by atoms with Crippen molar-refractivity contribution in [3.05, 3.63) is 52.3 Å². The van der Waals surface area contributed by atoms with Gasteiger partial charge in [0, 0.05) is 13.1 Å². The lowest BCUT2D eigenvalue weighted by molar-refractivity contribution is -0.119. The number of nitrogens with two attached hydrogens (primary N) is 1. The minimum atomic E-state index is -0.611. The standard InChI is InChI=1S/C18H20ClFN2O4/c1-24-15-4-3-11(6-14(15)20)8-22-9-12-5-13(19)18(16(7-12)25-2)26-10-17(21)23/h3-7,22H,8-10H2,1-2H3,(H2,21,23). The molecule has 0 unspecified atom stereocenters. The quantitative estimate of drug-likeness (QED) is 0.696. The van der Waals surface area contributed by atoms with Gasteiger partial charge in [-0.15, -0.1) is 0 Å². The summed E-state index contributed by atoms with van der Waals surface area (Å²) < 4.78 is 29.1. The van der Waals surface area contributed by atoms with Crippen molar-refractivity contribution in [1.29, 1.82) is 0 Å². The summed E-state index contributed by atoms with van der Waals surface area (Å²) in [6.45, 7) is 0.636. The summed E-state index contributed by atoms with van der Waals surface area (Å²) in [6, 6.07) is 8.21. The minimum absolute atomic E-state index is 0.205. The summed E-state index contributed by atoms with van der Waals surface area (Å²) >= 11 is 6.20. The third kappa shape index (κ3) is 5.24. The molecule has 0 atom stereocenters. The fraction of sp³-hybridized carbons (Fsp3) is 0.278. The monoisotopic (exact) mass is 382 g/mol. The number of rotatable bonds is 9. The molecule has 0 spiro atoms. The molecule has 0 bridgehead atoms. The zero-order chi connectivity index (χ0) is 19.1. The maximum atomic E-state index is 13.7. The molecule has 2 aromatic carbocycles. The Balaban J connectivity index is 2.02. The number of ether oxygens (including phenoxy) is 3. The molecule has 3 N–H and O–H groups in total. The van der Waals surface area contributed by atoms with E-state index in [4.69, 9.17) is 31.5 Å². The number of carbonyl (C=O) groups is 1. The molecule has 1 amide bonds. The van der Waals surface area contributed by atoms with E-state index in [9.17, 15) is 9.18 Å². The SMILES string of the molecule is COc1ccc(CNCc2cc(Cl)c(OCC(N)=O)c(OC)c2)cc1F. The number of hydrogen-bond donors (Lipinski definition) is 2. The number of nitrogens with one attached hydrogen (secondary N) is 1. The van der Waals surface area contributed by atoms with E-state index in [1.165, 1.54) is 20.3 Å². The second-order valence-electron chi connectivity index (χ2n) is 5.44. The predicted octanol–water partition coefficient (Wildman–Crippen LogP) is 2.65. The lowest BCUT2D eigenvalue weighted by atomic mass is 10.1. The van der Waals surface area contributed by atoms with Crippen molar-refractivity contribution in [1.82, 2.24) is 5.32 Å². The summed E-state index contributed by atoms with van der Waals surface area (Å²) in [7, 11) is 2.89. The van der Waals surface area contributed by atoms with Gasteiger partial charge >= 0.3 is 0 Å². The van der Waals surface area contributed by atoms with Gasteiger partial charge in [-0.25, -0.2) is 4.39 Å². The largest absolute Gasteiger partial charge is 0.494 e. The molecule has 0 heterocycles. The number of methoxy groups -OCH3 is 2. The normalized spacial score (nSPS) is 10.5. The summed E-state index contributed by atoms with van der Waals surface area (Å²) in [4.78, 5) is 10.9. The molecule has 0 radical (unpaired) electrons. The van der Waals surface area contributed by atoms with Crippen molar-refractivity contribution < 1.29 is 23.4 Å². The van der Waals surface area contributed by atoms with Crippen LogP contribution in [0.15, 0.2) is 30.3 Å². The highest BCUT2D eigenvalue weighted by Crippen LogP contribution is 2.36. The first-order valence-electron chi connectivity index (χ1n) is 7.75. The Labute approximate surface area is 156 Å². The Hall–Kier alpha value is -2.51. The molecule has 26 heavy (non-hydrogen) atoms. The van der Waals surface area contributed by atoms with Crippen LogP contribution in [0, 0.1) is 5.82 Å². The topological polar surface area (TPSA) is 82.8 Å². The zero-order valence-corrected chi connectivity index (χ0v) is 15.2. The van der Waals surface area contributed by atoms with Crippen molar-refractivity contribution >= 4 is 17.5 Å². The number of benzene rings is 2.